The molecule has 0 aliphatic rings. The summed E-state index contributed by atoms with van der Waals surface area (Å²) in [5.41, 5.74) is -0.763. The molecule has 0 radical (unpaired) electrons. The molecule has 0 bridgehead atoms. The summed E-state index contributed by atoms with van der Waals surface area (Å²) in [5.74, 6) is -1.50. The number of ether oxygens (including phenoxy) is 1. The summed E-state index contributed by atoms with van der Waals surface area (Å²) in [6.45, 7) is 0.0633. The fourth-order valence-corrected chi connectivity index (χ4v) is 2.51. The van der Waals surface area contributed by atoms with Crippen LogP contribution in [0.2, 0.25) is 0 Å². The Kier molecular flexibility index (Phi) is 4.18. The molecule has 0 aliphatic heterocycles. The number of fused-ring (bicyclic) bond motifs is 1. The van der Waals surface area contributed by atoms with Gasteiger partial charge in [0.2, 0.25) is 0 Å². The molecule has 0 fully saturated rings. The van der Waals surface area contributed by atoms with E-state index in [1.807, 2.05) is 0 Å². The zero-order chi connectivity index (χ0) is 19.1. The number of aromatic carboxylic acids is 1. The van der Waals surface area contributed by atoms with Crippen LogP contribution >= 0.6 is 0 Å². The molecule has 7 nitrogen and oxygen atoms in total. The van der Waals surface area contributed by atoms with Gasteiger partial charge in [-0.2, -0.15) is 18.3 Å². The average Bonchev–Trinajstić information content (AvgIpc) is 3.02. The number of benzene rings is 1. The van der Waals surface area contributed by atoms with E-state index in [0.717, 1.165) is 10.8 Å². The van der Waals surface area contributed by atoms with Gasteiger partial charge >= 0.3 is 12.1 Å². The van der Waals surface area contributed by atoms with E-state index in [1.165, 1.54) is 35.0 Å². The predicted molar refractivity (Wildman–Crippen MR) is 84.0 cm³/mol. The van der Waals surface area contributed by atoms with Gasteiger partial charge < -0.3 is 9.84 Å². The number of nitrogens with zero attached hydrogens (tertiary/aromatic N) is 3. The van der Waals surface area contributed by atoms with Crippen LogP contribution in [0.15, 0.2) is 41.5 Å². The minimum Gasteiger partial charge on any atom is -0.482 e. The van der Waals surface area contributed by atoms with Crippen LogP contribution in [-0.4, -0.2) is 38.0 Å². The molecular formula is C16H12F3N3O4. The maximum absolute atomic E-state index is 12.8. The molecule has 0 unspecified atom stereocenters. The molecule has 2 heterocycles. The van der Waals surface area contributed by atoms with E-state index in [9.17, 15) is 27.9 Å². The number of alkyl halides is 3. The Labute approximate surface area is 143 Å². The second-order valence-electron chi connectivity index (χ2n) is 5.44. The van der Waals surface area contributed by atoms with Gasteiger partial charge in [0.25, 0.3) is 5.56 Å². The number of aromatic nitrogens is 3. The fourth-order valence-electron chi connectivity index (χ4n) is 2.51. The lowest BCUT2D eigenvalue weighted by Crippen LogP contribution is -2.24. The highest BCUT2D eigenvalue weighted by Crippen LogP contribution is 2.25. The van der Waals surface area contributed by atoms with E-state index in [0.29, 0.717) is 5.69 Å². The first-order valence-electron chi connectivity index (χ1n) is 7.31. The second kappa shape index (κ2) is 6.21. The Morgan fingerprint density at radius 1 is 1.31 bits per heavy atom. The quantitative estimate of drug-likeness (QED) is 0.766. The Morgan fingerprint density at radius 2 is 2.00 bits per heavy atom. The number of carboxylic acid groups (broad SMARTS) is 1. The van der Waals surface area contributed by atoms with E-state index in [-0.39, 0.29) is 22.5 Å². The molecule has 0 saturated heterocycles. The van der Waals surface area contributed by atoms with Crippen molar-refractivity contribution in [3.05, 3.63) is 58.3 Å². The summed E-state index contributed by atoms with van der Waals surface area (Å²) < 4.78 is 44.4. The summed E-state index contributed by atoms with van der Waals surface area (Å²) in [6.07, 6.45) is -2.15. The van der Waals surface area contributed by atoms with Crippen LogP contribution in [0.3, 0.4) is 0 Å². The van der Waals surface area contributed by atoms with E-state index < -0.39 is 24.3 Å². The molecule has 1 aromatic carbocycles. The van der Waals surface area contributed by atoms with Gasteiger partial charge in [0, 0.05) is 6.20 Å². The largest absolute Gasteiger partial charge is 0.482 e. The third-order valence-corrected chi connectivity index (χ3v) is 3.59. The summed E-state index contributed by atoms with van der Waals surface area (Å²) in [7, 11) is 0. The van der Waals surface area contributed by atoms with Crippen LogP contribution in [0.1, 0.15) is 16.1 Å². The van der Waals surface area contributed by atoms with Crippen molar-refractivity contribution in [2.75, 3.05) is 6.61 Å². The Morgan fingerprint density at radius 3 is 2.65 bits per heavy atom. The molecular weight excluding hydrogens is 355 g/mol. The zero-order valence-electron chi connectivity index (χ0n) is 13.3. The minimum absolute atomic E-state index is 0.0601. The molecule has 2 aromatic heterocycles. The standard InChI is InChI=1S/C16H12F3N3O4/c1-9-7-21(14(23)13-10(15(24)25)6-20-22(9)13)11-4-2-3-5-12(11)26-8-16(17,18)19/h2-7H,8H2,1H3,(H,24,25). The number of carbonyl (C=O) groups is 1. The third-order valence-electron chi connectivity index (χ3n) is 3.59. The molecule has 1 N–H and O–H groups in total. The van der Waals surface area contributed by atoms with Crippen LogP contribution in [-0.2, 0) is 0 Å². The molecule has 3 rings (SSSR count). The Hall–Kier alpha value is -3.30. The summed E-state index contributed by atoms with van der Waals surface area (Å²) in [4.78, 5) is 24.1. The van der Waals surface area contributed by atoms with E-state index in [2.05, 4.69) is 5.10 Å². The highest BCUT2D eigenvalue weighted by Gasteiger charge is 2.29. The normalized spacial score (nSPS) is 11.7. The van der Waals surface area contributed by atoms with Crippen molar-refractivity contribution in [3.8, 4) is 11.4 Å². The number of hydrogen-bond acceptors (Lipinski definition) is 4. The van der Waals surface area contributed by atoms with Crippen molar-refractivity contribution in [1.82, 2.24) is 14.2 Å². The number of halogens is 3. The van der Waals surface area contributed by atoms with Crippen molar-refractivity contribution in [1.29, 1.82) is 0 Å². The van der Waals surface area contributed by atoms with Gasteiger partial charge in [-0.05, 0) is 19.1 Å². The van der Waals surface area contributed by atoms with Crippen molar-refractivity contribution >= 4 is 11.5 Å². The van der Waals surface area contributed by atoms with Crippen molar-refractivity contribution < 1.29 is 27.8 Å². The van der Waals surface area contributed by atoms with Crippen LogP contribution < -0.4 is 10.3 Å². The fraction of sp³-hybridized carbons (Fsp3) is 0.188. The number of carboxylic acids is 1. The molecule has 0 spiro atoms. The Balaban J connectivity index is 2.21. The maximum Gasteiger partial charge on any atom is 0.422 e. The minimum atomic E-state index is -4.54. The number of para-hydroxylation sites is 2. The second-order valence-corrected chi connectivity index (χ2v) is 5.44. The van der Waals surface area contributed by atoms with E-state index in [4.69, 9.17) is 4.74 Å². The van der Waals surface area contributed by atoms with Crippen LogP contribution in [0.25, 0.3) is 11.2 Å². The van der Waals surface area contributed by atoms with Crippen LogP contribution in [0, 0.1) is 6.92 Å². The molecule has 26 heavy (non-hydrogen) atoms. The van der Waals surface area contributed by atoms with Crippen molar-refractivity contribution in [3.63, 3.8) is 0 Å². The van der Waals surface area contributed by atoms with Gasteiger partial charge in [-0.25, -0.2) is 9.31 Å². The predicted octanol–water partition coefficient (Wildman–Crippen LogP) is 2.43. The van der Waals surface area contributed by atoms with Gasteiger partial charge in [-0.3, -0.25) is 9.36 Å². The monoisotopic (exact) mass is 367 g/mol. The number of hydrogen-bond donors (Lipinski definition) is 1. The lowest BCUT2D eigenvalue weighted by atomic mass is 10.2. The van der Waals surface area contributed by atoms with Crippen LogP contribution in [0.5, 0.6) is 5.75 Å². The smallest absolute Gasteiger partial charge is 0.422 e. The van der Waals surface area contributed by atoms with Crippen LogP contribution in [0.4, 0.5) is 13.2 Å². The molecule has 0 atom stereocenters. The third kappa shape index (κ3) is 3.13. The van der Waals surface area contributed by atoms with E-state index in [1.54, 1.807) is 6.92 Å². The summed E-state index contributed by atoms with van der Waals surface area (Å²) >= 11 is 0. The van der Waals surface area contributed by atoms with Gasteiger partial charge in [0.05, 0.1) is 17.6 Å². The Bertz CT molecular complexity index is 1050. The van der Waals surface area contributed by atoms with Gasteiger partial charge in [-0.1, -0.05) is 12.1 Å². The van der Waals surface area contributed by atoms with E-state index >= 15 is 0 Å². The van der Waals surface area contributed by atoms with Crippen molar-refractivity contribution in [2.45, 2.75) is 13.1 Å². The number of aryl methyl sites for hydroxylation is 1. The first-order chi connectivity index (χ1) is 12.2. The lowest BCUT2D eigenvalue weighted by molar-refractivity contribution is -0.153. The molecule has 0 saturated carbocycles. The molecule has 0 aliphatic carbocycles. The number of rotatable bonds is 4. The highest BCUT2D eigenvalue weighted by atomic mass is 19.4. The molecule has 3 aromatic rings. The zero-order valence-corrected chi connectivity index (χ0v) is 13.3. The SMILES string of the molecule is Cc1cn(-c2ccccc2OCC(F)(F)F)c(=O)c2c(C(=O)O)cnn12. The lowest BCUT2D eigenvalue weighted by Gasteiger charge is -2.15. The first kappa shape index (κ1) is 17.5. The average molecular weight is 367 g/mol. The van der Waals surface area contributed by atoms with Crippen molar-refractivity contribution in [2.24, 2.45) is 0 Å². The first-order valence-corrected chi connectivity index (χ1v) is 7.31. The molecule has 10 heteroatoms. The van der Waals surface area contributed by atoms with Gasteiger partial charge in [0.15, 0.2) is 6.61 Å². The van der Waals surface area contributed by atoms with Gasteiger partial charge in [-0.15, -0.1) is 0 Å². The molecule has 136 valence electrons. The summed E-state index contributed by atoms with van der Waals surface area (Å²) in [6, 6.07) is 5.69. The summed E-state index contributed by atoms with van der Waals surface area (Å²) in [5, 5.41) is 13.1. The highest BCUT2D eigenvalue weighted by molar-refractivity contribution is 5.95. The molecule has 0 amide bonds. The maximum atomic E-state index is 12.8. The van der Waals surface area contributed by atoms with Gasteiger partial charge in [0.1, 0.15) is 16.8 Å². The topological polar surface area (TPSA) is 85.8 Å².